The molecule has 1 amide bonds. The number of nitrogens with zero attached hydrogens (tertiary/aromatic N) is 1. The summed E-state index contributed by atoms with van der Waals surface area (Å²) in [6.07, 6.45) is 4.73. The fourth-order valence-electron chi connectivity index (χ4n) is 4.23. The fourth-order valence-corrected chi connectivity index (χ4v) is 4.23. The molecule has 4 nitrogen and oxygen atoms in total. The largest absolute Gasteiger partial charge is 0.480 e. The Labute approximate surface area is 162 Å². The van der Waals surface area contributed by atoms with Crippen LogP contribution in [0.4, 0.5) is 0 Å². The SMILES string of the molecule is COc1nc2c(cc1C(=O)NC(C)(Cc1ccccc1)CC(C)C)CCC2. The van der Waals surface area contributed by atoms with Gasteiger partial charge < -0.3 is 10.1 Å². The molecule has 1 aliphatic carbocycles. The number of rotatable bonds is 7. The van der Waals surface area contributed by atoms with Crippen LogP contribution < -0.4 is 10.1 Å². The van der Waals surface area contributed by atoms with Gasteiger partial charge in [-0.25, -0.2) is 4.98 Å². The van der Waals surface area contributed by atoms with Gasteiger partial charge in [-0.05, 0) is 62.1 Å². The molecule has 0 fully saturated rings. The molecule has 0 spiro atoms. The van der Waals surface area contributed by atoms with Crippen molar-refractivity contribution in [3.8, 4) is 5.88 Å². The maximum absolute atomic E-state index is 13.2. The molecular formula is C23H30N2O2. The van der Waals surface area contributed by atoms with E-state index in [0.717, 1.165) is 37.8 Å². The van der Waals surface area contributed by atoms with Gasteiger partial charge in [0.1, 0.15) is 5.56 Å². The normalized spacial score (nSPS) is 15.3. The second kappa shape index (κ2) is 8.12. The highest BCUT2D eigenvalue weighted by molar-refractivity contribution is 5.97. The second-order valence-corrected chi connectivity index (χ2v) is 8.28. The number of carbonyl (C=O) groups is 1. The van der Waals surface area contributed by atoms with Gasteiger partial charge in [-0.1, -0.05) is 44.2 Å². The highest BCUT2D eigenvalue weighted by Gasteiger charge is 2.30. The summed E-state index contributed by atoms with van der Waals surface area (Å²) in [7, 11) is 1.58. The molecule has 0 saturated carbocycles. The quantitative estimate of drug-likeness (QED) is 0.792. The Morgan fingerprint density at radius 3 is 2.67 bits per heavy atom. The topological polar surface area (TPSA) is 51.2 Å². The minimum Gasteiger partial charge on any atom is -0.480 e. The van der Waals surface area contributed by atoms with Crippen LogP contribution in [-0.2, 0) is 19.3 Å². The molecular weight excluding hydrogens is 336 g/mol. The third-order valence-corrected chi connectivity index (χ3v) is 5.17. The number of pyridine rings is 1. The summed E-state index contributed by atoms with van der Waals surface area (Å²) in [4.78, 5) is 17.8. The van der Waals surface area contributed by atoms with E-state index < -0.39 is 0 Å². The van der Waals surface area contributed by atoms with Gasteiger partial charge in [0, 0.05) is 11.2 Å². The Kier molecular flexibility index (Phi) is 5.83. The van der Waals surface area contributed by atoms with Crippen LogP contribution in [0.3, 0.4) is 0 Å². The average Bonchev–Trinajstić information content (AvgIpc) is 3.07. The molecule has 1 N–H and O–H groups in total. The minimum atomic E-state index is -0.337. The lowest BCUT2D eigenvalue weighted by molar-refractivity contribution is 0.0890. The molecule has 4 heteroatoms. The molecule has 0 radical (unpaired) electrons. The van der Waals surface area contributed by atoms with Crippen molar-refractivity contribution in [1.29, 1.82) is 0 Å². The Balaban J connectivity index is 1.86. The van der Waals surface area contributed by atoms with E-state index in [1.807, 2.05) is 24.3 Å². The Morgan fingerprint density at radius 1 is 1.26 bits per heavy atom. The molecule has 144 valence electrons. The summed E-state index contributed by atoms with van der Waals surface area (Å²) < 4.78 is 5.43. The van der Waals surface area contributed by atoms with Crippen molar-refractivity contribution in [2.75, 3.05) is 7.11 Å². The van der Waals surface area contributed by atoms with Gasteiger partial charge in [0.15, 0.2) is 0 Å². The van der Waals surface area contributed by atoms with Crippen LogP contribution >= 0.6 is 0 Å². The molecule has 1 heterocycles. The van der Waals surface area contributed by atoms with Crippen LogP contribution in [0.1, 0.15) is 60.8 Å². The van der Waals surface area contributed by atoms with Crippen LogP contribution in [-0.4, -0.2) is 23.5 Å². The van der Waals surface area contributed by atoms with E-state index in [1.165, 1.54) is 11.1 Å². The molecule has 1 aromatic heterocycles. The summed E-state index contributed by atoms with van der Waals surface area (Å²) in [5, 5.41) is 3.30. The molecule has 1 unspecified atom stereocenters. The number of hydrogen-bond donors (Lipinski definition) is 1. The third-order valence-electron chi connectivity index (χ3n) is 5.17. The first-order valence-electron chi connectivity index (χ1n) is 9.83. The van der Waals surface area contributed by atoms with E-state index in [0.29, 0.717) is 17.4 Å². The van der Waals surface area contributed by atoms with Gasteiger partial charge in [-0.2, -0.15) is 0 Å². The van der Waals surface area contributed by atoms with Gasteiger partial charge >= 0.3 is 0 Å². The van der Waals surface area contributed by atoms with E-state index in [1.54, 1.807) is 7.11 Å². The lowest BCUT2D eigenvalue weighted by atomic mass is 9.84. The highest BCUT2D eigenvalue weighted by Crippen LogP contribution is 2.28. The highest BCUT2D eigenvalue weighted by atomic mass is 16.5. The number of ether oxygens (including phenoxy) is 1. The van der Waals surface area contributed by atoms with Gasteiger partial charge in [0.25, 0.3) is 5.91 Å². The lowest BCUT2D eigenvalue weighted by Gasteiger charge is -2.33. The zero-order valence-corrected chi connectivity index (χ0v) is 16.8. The van der Waals surface area contributed by atoms with Crippen molar-refractivity contribution >= 4 is 5.91 Å². The number of carbonyl (C=O) groups excluding carboxylic acids is 1. The van der Waals surface area contributed by atoms with E-state index in [2.05, 4.69) is 43.2 Å². The van der Waals surface area contributed by atoms with Crippen LogP contribution in [0, 0.1) is 5.92 Å². The van der Waals surface area contributed by atoms with E-state index in [-0.39, 0.29) is 11.4 Å². The van der Waals surface area contributed by atoms with E-state index in [4.69, 9.17) is 4.74 Å². The summed E-state index contributed by atoms with van der Waals surface area (Å²) in [6, 6.07) is 12.3. The number of aromatic nitrogens is 1. The van der Waals surface area contributed by atoms with Crippen LogP contribution in [0.2, 0.25) is 0 Å². The zero-order valence-electron chi connectivity index (χ0n) is 16.8. The zero-order chi connectivity index (χ0) is 19.4. The van der Waals surface area contributed by atoms with Gasteiger partial charge in [0.2, 0.25) is 5.88 Å². The predicted octanol–water partition coefficient (Wildman–Crippen LogP) is 4.36. The molecule has 1 aromatic carbocycles. The first-order chi connectivity index (χ1) is 12.9. The van der Waals surface area contributed by atoms with Crippen LogP contribution in [0.5, 0.6) is 5.88 Å². The van der Waals surface area contributed by atoms with Crippen molar-refractivity contribution in [3.63, 3.8) is 0 Å². The molecule has 1 aliphatic rings. The Hall–Kier alpha value is -2.36. The predicted molar refractivity (Wildman–Crippen MR) is 108 cm³/mol. The number of aryl methyl sites for hydroxylation is 2. The second-order valence-electron chi connectivity index (χ2n) is 8.28. The first kappa shape index (κ1) is 19.4. The standard InChI is InChI=1S/C23H30N2O2/c1-16(2)14-23(3,15-17-9-6-5-7-10-17)25-21(26)19-13-18-11-8-12-20(18)24-22(19)27-4/h5-7,9-10,13,16H,8,11-12,14-15H2,1-4H3,(H,25,26). The lowest BCUT2D eigenvalue weighted by Crippen LogP contribution is -2.48. The van der Waals surface area contributed by atoms with Crippen LogP contribution in [0.15, 0.2) is 36.4 Å². The monoisotopic (exact) mass is 366 g/mol. The molecule has 0 aliphatic heterocycles. The van der Waals surface area contributed by atoms with Gasteiger partial charge in [-0.3, -0.25) is 4.79 Å². The summed E-state index contributed by atoms with van der Waals surface area (Å²) in [5.41, 5.74) is 3.67. The molecule has 3 rings (SSSR count). The van der Waals surface area contributed by atoms with Crippen molar-refractivity contribution in [2.24, 2.45) is 5.92 Å². The fraction of sp³-hybridized carbons (Fsp3) is 0.478. The molecule has 1 atom stereocenters. The van der Waals surface area contributed by atoms with Crippen molar-refractivity contribution < 1.29 is 9.53 Å². The average molecular weight is 367 g/mol. The van der Waals surface area contributed by atoms with Gasteiger partial charge in [0.05, 0.1) is 7.11 Å². The van der Waals surface area contributed by atoms with Crippen LogP contribution in [0.25, 0.3) is 0 Å². The Bertz CT molecular complexity index is 802. The molecule has 0 saturated heterocycles. The van der Waals surface area contributed by atoms with Gasteiger partial charge in [-0.15, -0.1) is 0 Å². The summed E-state index contributed by atoms with van der Waals surface area (Å²) in [6.45, 7) is 6.50. The minimum absolute atomic E-state index is 0.104. The van der Waals surface area contributed by atoms with Crippen molar-refractivity contribution in [2.45, 2.75) is 58.4 Å². The molecule has 0 bridgehead atoms. The maximum Gasteiger partial charge on any atom is 0.257 e. The third kappa shape index (κ3) is 4.68. The maximum atomic E-state index is 13.2. The van der Waals surface area contributed by atoms with Crippen molar-refractivity contribution in [3.05, 3.63) is 58.8 Å². The van der Waals surface area contributed by atoms with Crippen molar-refractivity contribution in [1.82, 2.24) is 10.3 Å². The van der Waals surface area contributed by atoms with E-state index >= 15 is 0 Å². The number of hydrogen-bond acceptors (Lipinski definition) is 3. The molecule has 27 heavy (non-hydrogen) atoms. The number of nitrogens with one attached hydrogen (secondary N) is 1. The smallest absolute Gasteiger partial charge is 0.257 e. The summed E-state index contributed by atoms with van der Waals surface area (Å²) in [5.74, 6) is 0.798. The first-order valence-corrected chi connectivity index (χ1v) is 9.83. The number of benzene rings is 1. The number of methoxy groups -OCH3 is 1. The number of amides is 1. The number of fused-ring (bicyclic) bond motifs is 1. The molecule has 2 aromatic rings. The van der Waals surface area contributed by atoms with E-state index in [9.17, 15) is 4.79 Å². The Morgan fingerprint density at radius 2 is 2.00 bits per heavy atom. The summed E-state index contributed by atoms with van der Waals surface area (Å²) >= 11 is 0.